The number of carboxylic acids is 1. The van der Waals surface area contributed by atoms with E-state index in [4.69, 9.17) is 10.2 Å². The fourth-order valence-electron chi connectivity index (χ4n) is 1.35. The Morgan fingerprint density at radius 3 is 2.58 bits per heavy atom. The van der Waals surface area contributed by atoms with E-state index in [0.29, 0.717) is 5.56 Å². The first-order valence-electron chi connectivity index (χ1n) is 5.51. The van der Waals surface area contributed by atoms with Crippen LogP contribution in [-0.2, 0) is 21.6 Å². The summed E-state index contributed by atoms with van der Waals surface area (Å²) >= 11 is 0. The van der Waals surface area contributed by atoms with Gasteiger partial charge in [0.1, 0.15) is 0 Å². The number of hydrogen-bond donors (Lipinski definition) is 3. The lowest BCUT2D eigenvalue weighted by molar-refractivity contribution is -0.137. The van der Waals surface area contributed by atoms with E-state index in [2.05, 4.69) is 4.72 Å². The number of aliphatic carboxylic acids is 1. The Hall–Kier alpha value is -1.64. The standard InChI is InChI=1S/C11H16N2O5S/c1-13(7-6-11(15)16)19(17,18)12-10-5-3-2-4-9(10)8-14/h2-5,12,14H,6-8H2,1H3,(H,15,16). The van der Waals surface area contributed by atoms with E-state index in [9.17, 15) is 13.2 Å². The minimum atomic E-state index is -3.83. The van der Waals surface area contributed by atoms with Crippen LogP contribution < -0.4 is 4.72 Å². The van der Waals surface area contributed by atoms with Gasteiger partial charge in [-0.2, -0.15) is 12.7 Å². The van der Waals surface area contributed by atoms with Gasteiger partial charge in [0.25, 0.3) is 0 Å². The van der Waals surface area contributed by atoms with E-state index < -0.39 is 16.2 Å². The lowest BCUT2D eigenvalue weighted by atomic mass is 10.2. The van der Waals surface area contributed by atoms with Crippen molar-refractivity contribution in [3.8, 4) is 0 Å². The summed E-state index contributed by atoms with van der Waals surface area (Å²) in [5.41, 5.74) is 0.713. The highest BCUT2D eigenvalue weighted by Crippen LogP contribution is 2.17. The van der Waals surface area contributed by atoms with Crippen molar-refractivity contribution in [2.24, 2.45) is 0 Å². The number of hydrogen-bond acceptors (Lipinski definition) is 4. The molecular formula is C11H16N2O5S. The molecular weight excluding hydrogens is 272 g/mol. The van der Waals surface area contributed by atoms with E-state index in [0.717, 1.165) is 4.31 Å². The average molecular weight is 288 g/mol. The maximum absolute atomic E-state index is 11.9. The summed E-state index contributed by atoms with van der Waals surface area (Å²) in [6.07, 6.45) is -0.279. The Balaban J connectivity index is 2.81. The van der Waals surface area contributed by atoms with Crippen LogP contribution in [0, 0.1) is 0 Å². The van der Waals surface area contributed by atoms with E-state index >= 15 is 0 Å². The molecule has 0 radical (unpaired) electrons. The second-order valence-electron chi connectivity index (χ2n) is 3.89. The summed E-state index contributed by atoms with van der Waals surface area (Å²) in [7, 11) is -2.55. The summed E-state index contributed by atoms with van der Waals surface area (Å²) in [5, 5.41) is 17.6. The third-order valence-electron chi connectivity index (χ3n) is 2.48. The lowest BCUT2D eigenvalue weighted by Gasteiger charge is -2.18. The zero-order valence-electron chi connectivity index (χ0n) is 10.4. The van der Waals surface area contributed by atoms with Gasteiger partial charge in [-0.3, -0.25) is 9.52 Å². The molecule has 106 valence electrons. The quantitative estimate of drug-likeness (QED) is 0.666. The molecule has 0 unspecified atom stereocenters. The maximum Gasteiger partial charge on any atom is 0.304 e. The Bertz CT molecular complexity index is 544. The number of aliphatic hydroxyl groups is 1. The fourth-order valence-corrected chi connectivity index (χ4v) is 2.31. The monoisotopic (exact) mass is 288 g/mol. The largest absolute Gasteiger partial charge is 0.481 e. The molecule has 0 aromatic heterocycles. The summed E-state index contributed by atoms with van der Waals surface area (Å²) in [4.78, 5) is 10.4. The van der Waals surface area contributed by atoms with E-state index in [1.807, 2.05) is 0 Å². The second-order valence-corrected chi connectivity index (χ2v) is 5.67. The smallest absolute Gasteiger partial charge is 0.304 e. The molecule has 0 amide bonds. The number of nitrogens with zero attached hydrogens (tertiary/aromatic N) is 1. The highest BCUT2D eigenvalue weighted by molar-refractivity contribution is 7.90. The van der Waals surface area contributed by atoms with Gasteiger partial charge in [0.05, 0.1) is 18.7 Å². The average Bonchev–Trinajstić information content (AvgIpc) is 2.36. The lowest BCUT2D eigenvalue weighted by Crippen LogP contribution is -2.34. The highest BCUT2D eigenvalue weighted by atomic mass is 32.2. The Morgan fingerprint density at radius 1 is 1.37 bits per heavy atom. The van der Waals surface area contributed by atoms with Gasteiger partial charge in [-0.25, -0.2) is 0 Å². The Morgan fingerprint density at radius 2 is 2.00 bits per heavy atom. The van der Waals surface area contributed by atoms with Crippen LogP contribution in [0.4, 0.5) is 5.69 Å². The van der Waals surface area contributed by atoms with Crippen LogP contribution in [0.3, 0.4) is 0 Å². The molecule has 1 aromatic carbocycles. The van der Waals surface area contributed by atoms with Gasteiger partial charge in [0.2, 0.25) is 0 Å². The van der Waals surface area contributed by atoms with Crippen molar-refractivity contribution in [3.05, 3.63) is 29.8 Å². The van der Waals surface area contributed by atoms with Crippen molar-refractivity contribution in [1.29, 1.82) is 0 Å². The molecule has 0 saturated carbocycles. The van der Waals surface area contributed by atoms with Crippen LogP contribution in [0.25, 0.3) is 0 Å². The van der Waals surface area contributed by atoms with Crippen molar-refractivity contribution < 1.29 is 23.4 Å². The SMILES string of the molecule is CN(CCC(=O)O)S(=O)(=O)Nc1ccccc1CO. The van der Waals surface area contributed by atoms with E-state index in [1.54, 1.807) is 18.2 Å². The Kier molecular flexibility index (Phi) is 5.28. The molecule has 8 heteroatoms. The van der Waals surface area contributed by atoms with Gasteiger partial charge >= 0.3 is 16.2 Å². The molecule has 0 bridgehead atoms. The van der Waals surface area contributed by atoms with Gasteiger partial charge in [-0.05, 0) is 6.07 Å². The zero-order valence-corrected chi connectivity index (χ0v) is 11.2. The summed E-state index contributed by atoms with van der Waals surface area (Å²) in [6, 6.07) is 6.43. The first-order valence-corrected chi connectivity index (χ1v) is 6.95. The first-order chi connectivity index (χ1) is 8.86. The Labute approximate surface area is 111 Å². The molecule has 0 aliphatic heterocycles. The normalized spacial score (nSPS) is 11.5. The van der Waals surface area contributed by atoms with Crippen molar-refractivity contribution in [3.63, 3.8) is 0 Å². The molecule has 3 N–H and O–H groups in total. The molecule has 1 rings (SSSR count). The summed E-state index contributed by atoms with van der Waals surface area (Å²) in [5.74, 6) is -1.07. The number of benzene rings is 1. The molecule has 0 atom stereocenters. The molecule has 0 fully saturated rings. The zero-order chi connectivity index (χ0) is 14.5. The number of carbonyl (C=O) groups is 1. The summed E-state index contributed by atoms with van der Waals surface area (Å²) < 4.78 is 27.1. The van der Waals surface area contributed by atoms with Gasteiger partial charge in [0.15, 0.2) is 0 Å². The molecule has 0 spiro atoms. The highest BCUT2D eigenvalue weighted by Gasteiger charge is 2.19. The van der Waals surface area contributed by atoms with Crippen molar-refractivity contribution in [2.45, 2.75) is 13.0 Å². The van der Waals surface area contributed by atoms with Crippen LogP contribution >= 0.6 is 0 Å². The molecule has 0 saturated heterocycles. The predicted molar refractivity (Wildman–Crippen MR) is 69.8 cm³/mol. The number of para-hydroxylation sites is 1. The van der Waals surface area contributed by atoms with Crippen LogP contribution in [0.2, 0.25) is 0 Å². The first kappa shape index (κ1) is 15.4. The number of anilines is 1. The number of carboxylic acid groups (broad SMARTS) is 1. The minimum Gasteiger partial charge on any atom is -0.481 e. The predicted octanol–water partition coefficient (Wildman–Crippen LogP) is 0.242. The number of aliphatic hydroxyl groups excluding tert-OH is 1. The van der Waals surface area contributed by atoms with Crippen molar-refractivity contribution >= 4 is 21.9 Å². The maximum atomic E-state index is 11.9. The van der Waals surface area contributed by atoms with E-state index in [1.165, 1.54) is 13.1 Å². The van der Waals surface area contributed by atoms with Crippen molar-refractivity contribution in [1.82, 2.24) is 4.31 Å². The molecule has 0 aliphatic carbocycles. The fraction of sp³-hybridized carbons (Fsp3) is 0.364. The van der Waals surface area contributed by atoms with Crippen LogP contribution in [-0.4, -0.2) is 42.5 Å². The van der Waals surface area contributed by atoms with Crippen LogP contribution in [0.5, 0.6) is 0 Å². The van der Waals surface area contributed by atoms with Crippen LogP contribution in [0.1, 0.15) is 12.0 Å². The molecule has 0 heterocycles. The summed E-state index contributed by atoms with van der Waals surface area (Å²) in [6.45, 7) is -0.427. The number of rotatable bonds is 7. The van der Waals surface area contributed by atoms with Gasteiger partial charge in [-0.15, -0.1) is 0 Å². The number of nitrogens with one attached hydrogen (secondary N) is 1. The molecule has 7 nitrogen and oxygen atoms in total. The molecule has 0 aliphatic rings. The van der Waals surface area contributed by atoms with Crippen molar-refractivity contribution in [2.75, 3.05) is 18.3 Å². The van der Waals surface area contributed by atoms with Gasteiger partial charge < -0.3 is 10.2 Å². The van der Waals surface area contributed by atoms with E-state index in [-0.39, 0.29) is 25.3 Å². The van der Waals surface area contributed by atoms with Crippen LogP contribution in [0.15, 0.2) is 24.3 Å². The molecule has 19 heavy (non-hydrogen) atoms. The van der Waals surface area contributed by atoms with Gasteiger partial charge in [-0.1, -0.05) is 18.2 Å². The van der Waals surface area contributed by atoms with Gasteiger partial charge in [0, 0.05) is 19.2 Å². The third-order valence-corrected chi connectivity index (χ3v) is 3.96. The second kappa shape index (κ2) is 6.50. The third kappa shape index (κ3) is 4.51. The molecule has 1 aromatic rings. The minimum absolute atomic E-state index is 0.133. The topological polar surface area (TPSA) is 107 Å².